The second-order valence-electron chi connectivity index (χ2n) is 5.94. The van der Waals surface area contributed by atoms with Gasteiger partial charge in [-0.25, -0.2) is 0 Å². The molecule has 0 saturated heterocycles. The first kappa shape index (κ1) is 15.0. The first-order valence-corrected chi connectivity index (χ1v) is 7.98. The van der Waals surface area contributed by atoms with E-state index in [1.54, 1.807) is 0 Å². The first-order chi connectivity index (χ1) is 10.7. The predicted molar refractivity (Wildman–Crippen MR) is 82.1 cm³/mol. The Bertz CT molecular complexity index is 654. The van der Waals surface area contributed by atoms with E-state index < -0.39 is 6.10 Å². The lowest BCUT2D eigenvalue weighted by Gasteiger charge is -2.20. The van der Waals surface area contributed by atoms with Gasteiger partial charge in [0, 0.05) is 6.20 Å². The maximum Gasteiger partial charge on any atom is 0.226 e. The molecule has 3 unspecified atom stereocenters. The summed E-state index contributed by atoms with van der Waals surface area (Å²) in [4.78, 5) is 12.4. The van der Waals surface area contributed by atoms with Crippen LogP contribution in [0.1, 0.15) is 50.9 Å². The van der Waals surface area contributed by atoms with Crippen LogP contribution in [0.15, 0.2) is 24.4 Å². The molecule has 1 aliphatic carbocycles. The summed E-state index contributed by atoms with van der Waals surface area (Å²) in [6, 6.07) is 5.55. The molecule has 22 heavy (non-hydrogen) atoms. The van der Waals surface area contributed by atoms with Crippen LogP contribution < -0.4 is 5.32 Å². The zero-order valence-electron chi connectivity index (χ0n) is 12.8. The van der Waals surface area contributed by atoms with E-state index in [9.17, 15) is 9.90 Å². The molecule has 2 heterocycles. The summed E-state index contributed by atoms with van der Waals surface area (Å²) in [5, 5.41) is 21.4. The first-order valence-electron chi connectivity index (χ1n) is 7.98. The van der Waals surface area contributed by atoms with Gasteiger partial charge < -0.3 is 10.4 Å². The Morgan fingerprint density at radius 2 is 2.32 bits per heavy atom. The number of rotatable bonds is 5. The number of carbonyl (C=O) groups is 1. The Kier molecular flexibility index (Phi) is 4.38. The van der Waals surface area contributed by atoms with Crippen molar-refractivity contribution in [1.82, 2.24) is 19.9 Å². The lowest BCUT2D eigenvalue weighted by molar-refractivity contribution is -0.128. The highest BCUT2D eigenvalue weighted by Crippen LogP contribution is 2.27. The summed E-state index contributed by atoms with van der Waals surface area (Å²) >= 11 is 0. The van der Waals surface area contributed by atoms with Crippen molar-refractivity contribution in [2.24, 2.45) is 5.92 Å². The Hall–Kier alpha value is -1.95. The van der Waals surface area contributed by atoms with Crippen LogP contribution in [-0.4, -0.2) is 31.7 Å². The molecule has 0 aliphatic heterocycles. The molecule has 6 nitrogen and oxygen atoms in total. The van der Waals surface area contributed by atoms with Crippen LogP contribution in [0.3, 0.4) is 0 Å². The van der Waals surface area contributed by atoms with Crippen LogP contribution in [0, 0.1) is 5.92 Å². The largest absolute Gasteiger partial charge is 0.392 e. The Morgan fingerprint density at radius 1 is 1.45 bits per heavy atom. The molecular formula is C16H22N4O2. The summed E-state index contributed by atoms with van der Waals surface area (Å²) in [5.41, 5.74) is 0.772. The predicted octanol–water partition coefficient (Wildman–Crippen LogP) is 1.85. The highest BCUT2D eigenvalue weighted by atomic mass is 16.3. The highest BCUT2D eigenvalue weighted by molar-refractivity contribution is 5.80. The fraction of sp³-hybridized carbons (Fsp3) is 0.562. The molecule has 0 aromatic carbocycles. The Morgan fingerprint density at radius 3 is 3.05 bits per heavy atom. The van der Waals surface area contributed by atoms with E-state index >= 15 is 0 Å². The number of nitrogens with zero attached hydrogens (tertiary/aromatic N) is 3. The van der Waals surface area contributed by atoms with E-state index in [1.807, 2.05) is 28.8 Å². The molecule has 2 aromatic rings. The van der Waals surface area contributed by atoms with Crippen molar-refractivity contribution in [3.63, 3.8) is 0 Å². The molecule has 0 radical (unpaired) electrons. The van der Waals surface area contributed by atoms with Crippen molar-refractivity contribution in [3.8, 4) is 0 Å². The average Bonchev–Trinajstić information content (AvgIpc) is 3.13. The standard InChI is InChI=1S/C16H22N4O2/c1-2-6-12(17-16(22)11-7-5-8-13(11)21)15-19-18-14-9-3-4-10-20(14)15/h3-4,9-13,21H,2,5-8H2,1H3,(H,17,22). The fourth-order valence-corrected chi connectivity index (χ4v) is 3.18. The number of aromatic nitrogens is 3. The van der Waals surface area contributed by atoms with E-state index in [4.69, 9.17) is 0 Å². The molecule has 3 rings (SSSR count). The molecule has 0 bridgehead atoms. The highest BCUT2D eigenvalue weighted by Gasteiger charge is 2.33. The SMILES string of the molecule is CCCC(NC(=O)C1CCCC1O)c1nnc2ccccn12. The molecule has 1 amide bonds. The second kappa shape index (κ2) is 6.44. The van der Waals surface area contributed by atoms with Crippen LogP contribution in [-0.2, 0) is 4.79 Å². The van der Waals surface area contributed by atoms with Crippen LogP contribution in [0.25, 0.3) is 5.65 Å². The number of amides is 1. The van der Waals surface area contributed by atoms with Crippen LogP contribution in [0.2, 0.25) is 0 Å². The van der Waals surface area contributed by atoms with Crippen molar-refractivity contribution < 1.29 is 9.90 Å². The summed E-state index contributed by atoms with van der Waals surface area (Å²) in [6.45, 7) is 2.08. The summed E-state index contributed by atoms with van der Waals surface area (Å²) in [6.07, 6.45) is 5.49. The molecule has 1 aliphatic rings. The number of hydrogen-bond donors (Lipinski definition) is 2. The van der Waals surface area contributed by atoms with Gasteiger partial charge in [0.05, 0.1) is 18.1 Å². The number of nitrogens with one attached hydrogen (secondary N) is 1. The molecule has 3 atom stereocenters. The van der Waals surface area contributed by atoms with Crippen molar-refractivity contribution in [3.05, 3.63) is 30.2 Å². The van der Waals surface area contributed by atoms with Gasteiger partial charge in [0.25, 0.3) is 0 Å². The molecule has 2 aromatic heterocycles. The van der Waals surface area contributed by atoms with Gasteiger partial charge in [0.15, 0.2) is 11.5 Å². The molecule has 6 heteroatoms. The van der Waals surface area contributed by atoms with Crippen molar-refractivity contribution in [2.75, 3.05) is 0 Å². The minimum Gasteiger partial charge on any atom is -0.392 e. The molecule has 2 N–H and O–H groups in total. The number of fused-ring (bicyclic) bond motifs is 1. The molecule has 0 spiro atoms. The van der Waals surface area contributed by atoms with Crippen LogP contribution in [0.4, 0.5) is 0 Å². The number of hydrogen-bond acceptors (Lipinski definition) is 4. The maximum atomic E-state index is 12.4. The van der Waals surface area contributed by atoms with E-state index in [0.717, 1.165) is 37.2 Å². The third-order valence-electron chi connectivity index (χ3n) is 4.36. The van der Waals surface area contributed by atoms with Gasteiger partial charge in [-0.3, -0.25) is 9.20 Å². The molecule has 118 valence electrons. The van der Waals surface area contributed by atoms with Gasteiger partial charge >= 0.3 is 0 Å². The van der Waals surface area contributed by atoms with Crippen LogP contribution in [0.5, 0.6) is 0 Å². The summed E-state index contributed by atoms with van der Waals surface area (Å²) in [7, 11) is 0. The normalized spacial score (nSPS) is 22.8. The third-order valence-corrected chi connectivity index (χ3v) is 4.36. The number of aliphatic hydroxyl groups is 1. The molecule has 1 saturated carbocycles. The van der Waals surface area contributed by atoms with Gasteiger partial charge in [0.2, 0.25) is 5.91 Å². The maximum absolute atomic E-state index is 12.4. The molecule has 1 fully saturated rings. The van der Waals surface area contributed by atoms with Gasteiger partial charge in [-0.05, 0) is 37.8 Å². The van der Waals surface area contributed by atoms with Crippen molar-refractivity contribution in [2.45, 2.75) is 51.2 Å². The Labute approximate surface area is 129 Å². The lowest BCUT2D eigenvalue weighted by Crippen LogP contribution is -2.37. The third kappa shape index (κ3) is 2.83. The second-order valence-corrected chi connectivity index (χ2v) is 5.94. The van der Waals surface area contributed by atoms with Gasteiger partial charge in [0.1, 0.15) is 0 Å². The van der Waals surface area contributed by atoms with E-state index in [0.29, 0.717) is 6.42 Å². The smallest absolute Gasteiger partial charge is 0.226 e. The quantitative estimate of drug-likeness (QED) is 0.883. The minimum absolute atomic E-state index is 0.0730. The lowest BCUT2D eigenvalue weighted by atomic mass is 10.0. The monoisotopic (exact) mass is 302 g/mol. The van der Waals surface area contributed by atoms with Gasteiger partial charge in [-0.15, -0.1) is 10.2 Å². The topological polar surface area (TPSA) is 79.5 Å². The van der Waals surface area contributed by atoms with E-state index in [1.165, 1.54) is 0 Å². The number of aliphatic hydroxyl groups excluding tert-OH is 1. The van der Waals surface area contributed by atoms with Crippen molar-refractivity contribution in [1.29, 1.82) is 0 Å². The van der Waals surface area contributed by atoms with E-state index in [-0.39, 0.29) is 17.9 Å². The fourth-order valence-electron chi connectivity index (χ4n) is 3.18. The molecular weight excluding hydrogens is 280 g/mol. The summed E-state index contributed by atoms with van der Waals surface area (Å²) in [5.74, 6) is 0.382. The van der Waals surface area contributed by atoms with Gasteiger partial charge in [-0.2, -0.15) is 0 Å². The number of carbonyl (C=O) groups excluding carboxylic acids is 1. The zero-order valence-corrected chi connectivity index (χ0v) is 12.8. The summed E-state index contributed by atoms with van der Waals surface area (Å²) < 4.78 is 1.91. The van der Waals surface area contributed by atoms with Gasteiger partial charge in [-0.1, -0.05) is 19.4 Å². The zero-order chi connectivity index (χ0) is 15.5. The van der Waals surface area contributed by atoms with Crippen LogP contribution >= 0.6 is 0 Å². The Balaban J connectivity index is 1.82. The number of pyridine rings is 1. The van der Waals surface area contributed by atoms with E-state index in [2.05, 4.69) is 22.4 Å². The average molecular weight is 302 g/mol. The van der Waals surface area contributed by atoms with Crippen molar-refractivity contribution >= 4 is 11.6 Å². The minimum atomic E-state index is -0.516.